The minimum absolute atomic E-state index is 0.195. The van der Waals surface area contributed by atoms with Gasteiger partial charge in [-0.05, 0) is 64.2 Å². The molecule has 0 amide bonds. The van der Waals surface area contributed by atoms with Crippen molar-refractivity contribution in [3.63, 3.8) is 0 Å². The van der Waals surface area contributed by atoms with Gasteiger partial charge in [-0.25, -0.2) is 0 Å². The number of rotatable bonds is 2. The number of allylic oxidation sites excluding steroid dienone is 2. The molecule has 1 aromatic rings. The number of carbonyl (C=O) groups is 1. The summed E-state index contributed by atoms with van der Waals surface area (Å²) in [5, 5.41) is 20.5. The SMILES string of the molecule is CC1=CC[C@@H]2[C@@H](C1)c1c(O)cc(C3(C(=O)O)CCC3)cc1OC2(C)C. The summed E-state index contributed by atoms with van der Waals surface area (Å²) in [5.74, 6) is 0.601. The fraction of sp³-hybridized carbons (Fsp3) is 0.571. The molecule has 1 heterocycles. The van der Waals surface area contributed by atoms with Crippen LogP contribution in [-0.4, -0.2) is 21.8 Å². The Morgan fingerprint density at radius 2 is 2.00 bits per heavy atom. The van der Waals surface area contributed by atoms with E-state index in [1.807, 2.05) is 6.07 Å². The van der Waals surface area contributed by atoms with E-state index in [4.69, 9.17) is 4.74 Å². The van der Waals surface area contributed by atoms with Crippen molar-refractivity contribution in [1.29, 1.82) is 0 Å². The van der Waals surface area contributed by atoms with Gasteiger partial charge in [0.15, 0.2) is 0 Å². The van der Waals surface area contributed by atoms with Gasteiger partial charge >= 0.3 is 5.97 Å². The molecule has 1 aliphatic heterocycles. The maximum atomic E-state index is 11.9. The first kappa shape index (κ1) is 16.5. The van der Waals surface area contributed by atoms with Crippen LogP contribution in [0.3, 0.4) is 0 Å². The van der Waals surface area contributed by atoms with Crippen LogP contribution in [0, 0.1) is 5.92 Å². The molecule has 4 rings (SSSR count). The molecule has 2 aliphatic carbocycles. The first-order valence-corrected chi connectivity index (χ1v) is 9.20. The average molecular weight is 342 g/mol. The Balaban J connectivity index is 1.84. The van der Waals surface area contributed by atoms with Crippen molar-refractivity contribution < 1.29 is 19.7 Å². The van der Waals surface area contributed by atoms with Crippen molar-refractivity contribution >= 4 is 5.97 Å². The zero-order valence-electron chi connectivity index (χ0n) is 15.1. The molecule has 4 heteroatoms. The van der Waals surface area contributed by atoms with E-state index in [9.17, 15) is 15.0 Å². The number of fused-ring (bicyclic) bond motifs is 3. The van der Waals surface area contributed by atoms with E-state index in [1.54, 1.807) is 6.07 Å². The van der Waals surface area contributed by atoms with E-state index in [0.29, 0.717) is 30.1 Å². The van der Waals surface area contributed by atoms with Crippen molar-refractivity contribution in [1.82, 2.24) is 0 Å². The second-order valence-corrected chi connectivity index (χ2v) is 8.56. The number of hydrogen-bond acceptors (Lipinski definition) is 3. The van der Waals surface area contributed by atoms with Crippen LogP contribution >= 0.6 is 0 Å². The van der Waals surface area contributed by atoms with Crippen LogP contribution in [0.25, 0.3) is 0 Å². The predicted octanol–water partition coefficient (Wildman–Crippen LogP) is 4.51. The van der Waals surface area contributed by atoms with Crippen LogP contribution in [0.15, 0.2) is 23.8 Å². The molecule has 25 heavy (non-hydrogen) atoms. The van der Waals surface area contributed by atoms with Crippen LogP contribution in [0.1, 0.15) is 69.9 Å². The van der Waals surface area contributed by atoms with Crippen LogP contribution in [0.5, 0.6) is 11.5 Å². The van der Waals surface area contributed by atoms with E-state index in [-0.39, 0.29) is 17.3 Å². The summed E-state index contributed by atoms with van der Waals surface area (Å²) in [6.07, 6.45) is 6.29. The van der Waals surface area contributed by atoms with E-state index in [2.05, 4.69) is 26.8 Å². The number of benzene rings is 1. The highest BCUT2D eigenvalue weighted by molar-refractivity contribution is 5.83. The van der Waals surface area contributed by atoms with E-state index in [0.717, 1.165) is 24.8 Å². The maximum Gasteiger partial charge on any atom is 0.314 e. The van der Waals surface area contributed by atoms with Gasteiger partial charge in [-0.2, -0.15) is 0 Å². The van der Waals surface area contributed by atoms with E-state index < -0.39 is 11.4 Å². The minimum atomic E-state index is -0.862. The summed E-state index contributed by atoms with van der Waals surface area (Å²) in [6, 6.07) is 3.56. The lowest BCUT2D eigenvalue weighted by Gasteiger charge is -2.47. The molecule has 134 valence electrons. The number of aliphatic carboxylic acids is 1. The molecule has 2 atom stereocenters. The third-order valence-electron chi connectivity index (χ3n) is 6.67. The number of hydrogen-bond donors (Lipinski definition) is 2. The third kappa shape index (κ3) is 2.30. The minimum Gasteiger partial charge on any atom is -0.508 e. The summed E-state index contributed by atoms with van der Waals surface area (Å²) in [6.45, 7) is 6.34. The second-order valence-electron chi connectivity index (χ2n) is 8.56. The summed E-state index contributed by atoms with van der Waals surface area (Å²) in [5.41, 5.74) is 1.68. The van der Waals surface area contributed by atoms with Crippen molar-refractivity contribution in [2.45, 2.75) is 69.8 Å². The Morgan fingerprint density at radius 3 is 2.60 bits per heavy atom. The number of phenolic OH excluding ortho intramolecular Hbond substituents is 1. The molecule has 0 unspecified atom stereocenters. The number of aromatic hydroxyl groups is 1. The van der Waals surface area contributed by atoms with Gasteiger partial charge in [-0.1, -0.05) is 18.1 Å². The van der Waals surface area contributed by atoms with Gasteiger partial charge in [-0.15, -0.1) is 0 Å². The van der Waals surface area contributed by atoms with Gasteiger partial charge in [0.25, 0.3) is 0 Å². The van der Waals surface area contributed by atoms with Crippen molar-refractivity contribution in [3.8, 4) is 11.5 Å². The largest absolute Gasteiger partial charge is 0.508 e. The number of ether oxygens (including phenoxy) is 1. The van der Waals surface area contributed by atoms with Crippen LogP contribution < -0.4 is 4.74 Å². The molecule has 1 fully saturated rings. The summed E-state index contributed by atoms with van der Waals surface area (Å²) >= 11 is 0. The fourth-order valence-corrected chi connectivity index (χ4v) is 5.00. The first-order chi connectivity index (χ1) is 11.7. The smallest absolute Gasteiger partial charge is 0.314 e. The molecule has 0 saturated heterocycles. The summed E-state index contributed by atoms with van der Waals surface area (Å²) < 4.78 is 6.31. The number of phenols is 1. The monoisotopic (exact) mass is 342 g/mol. The topological polar surface area (TPSA) is 66.8 Å². The first-order valence-electron chi connectivity index (χ1n) is 9.20. The highest BCUT2D eigenvalue weighted by atomic mass is 16.5. The molecular weight excluding hydrogens is 316 g/mol. The quantitative estimate of drug-likeness (QED) is 0.776. The highest BCUT2D eigenvalue weighted by Gasteiger charge is 2.49. The Hall–Kier alpha value is -1.97. The predicted molar refractivity (Wildman–Crippen MR) is 95.2 cm³/mol. The molecule has 1 aromatic carbocycles. The molecule has 1 saturated carbocycles. The number of carboxylic acids is 1. The van der Waals surface area contributed by atoms with Crippen molar-refractivity contribution in [3.05, 3.63) is 34.9 Å². The zero-order valence-corrected chi connectivity index (χ0v) is 15.1. The Kier molecular flexibility index (Phi) is 3.47. The van der Waals surface area contributed by atoms with Crippen LogP contribution in [-0.2, 0) is 10.2 Å². The van der Waals surface area contributed by atoms with Gasteiger partial charge in [0.2, 0.25) is 0 Å². The third-order valence-corrected chi connectivity index (χ3v) is 6.67. The molecule has 0 bridgehead atoms. The van der Waals surface area contributed by atoms with Gasteiger partial charge in [0, 0.05) is 17.4 Å². The van der Waals surface area contributed by atoms with E-state index >= 15 is 0 Å². The Bertz CT molecular complexity index is 770. The molecule has 4 nitrogen and oxygen atoms in total. The normalized spacial score (nSPS) is 28.7. The van der Waals surface area contributed by atoms with Crippen LogP contribution in [0.2, 0.25) is 0 Å². The average Bonchev–Trinajstić information content (AvgIpc) is 2.43. The standard InChI is InChI=1S/C21H26O4/c1-12-5-6-15-14(9-12)18-16(22)10-13(11-17(18)25-20(15,2)3)21(19(23)24)7-4-8-21/h5,10-11,14-15,22H,4,6-9H2,1-3H3,(H,23,24)/t14-,15-/m1/s1. The summed E-state index contributed by atoms with van der Waals surface area (Å²) in [4.78, 5) is 11.9. The molecule has 3 aliphatic rings. The van der Waals surface area contributed by atoms with Gasteiger partial charge < -0.3 is 14.9 Å². The molecule has 0 aromatic heterocycles. The molecule has 0 spiro atoms. The van der Waals surface area contributed by atoms with E-state index in [1.165, 1.54) is 5.57 Å². The highest BCUT2D eigenvalue weighted by Crippen LogP contribution is 2.56. The van der Waals surface area contributed by atoms with Gasteiger partial charge in [0.1, 0.15) is 17.1 Å². The fourth-order valence-electron chi connectivity index (χ4n) is 5.00. The van der Waals surface area contributed by atoms with Gasteiger partial charge in [0.05, 0.1) is 5.41 Å². The number of carboxylic acid groups (broad SMARTS) is 1. The zero-order chi connectivity index (χ0) is 18.0. The van der Waals surface area contributed by atoms with Crippen molar-refractivity contribution in [2.24, 2.45) is 5.92 Å². The Morgan fingerprint density at radius 1 is 1.28 bits per heavy atom. The lowest BCUT2D eigenvalue weighted by molar-refractivity contribution is -0.147. The lowest BCUT2D eigenvalue weighted by atomic mass is 9.63. The van der Waals surface area contributed by atoms with Crippen LogP contribution in [0.4, 0.5) is 0 Å². The maximum absolute atomic E-state index is 11.9. The Labute approximate surface area is 148 Å². The lowest BCUT2D eigenvalue weighted by Crippen LogP contribution is -2.46. The van der Waals surface area contributed by atoms with Gasteiger partial charge in [-0.3, -0.25) is 4.79 Å². The molecular formula is C21H26O4. The summed E-state index contributed by atoms with van der Waals surface area (Å²) in [7, 11) is 0. The van der Waals surface area contributed by atoms with Crippen molar-refractivity contribution in [2.75, 3.05) is 0 Å². The molecule has 0 radical (unpaired) electrons. The molecule has 2 N–H and O–H groups in total. The second kappa shape index (κ2) is 5.26.